The molecule has 3 aromatic carbocycles. The molecule has 178 valence electrons. The second-order valence-electron chi connectivity index (χ2n) is 8.05. The predicted octanol–water partition coefficient (Wildman–Crippen LogP) is 4.02. The van der Waals surface area contributed by atoms with Gasteiger partial charge in [0.1, 0.15) is 17.2 Å². The Bertz CT molecular complexity index is 1320. The Morgan fingerprint density at radius 3 is 2.09 bits per heavy atom. The van der Waals surface area contributed by atoms with Crippen molar-refractivity contribution in [2.45, 2.75) is 19.0 Å². The first kappa shape index (κ1) is 23.8. The number of benzene rings is 3. The molecule has 4 rings (SSSR count). The maximum Gasteiger partial charge on any atom is 0.272 e. The number of methoxy groups -OCH3 is 2. The van der Waals surface area contributed by atoms with Crippen LogP contribution in [0.5, 0.6) is 11.5 Å². The number of ether oxygens (including phenoxy) is 2. The van der Waals surface area contributed by atoms with E-state index in [-0.39, 0.29) is 29.7 Å². The van der Waals surface area contributed by atoms with Crippen LogP contribution in [0, 0.1) is 0 Å². The highest BCUT2D eigenvalue weighted by molar-refractivity contribution is 5.92. The Labute approximate surface area is 204 Å². The molecule has 0 spiro atoms. The zero-order valence-electron chi connectivity index (χ0n) is 19.7. The van der Waals surface area contributed by atoms with Gasteiger partial charge in [0.2, 0.25) is 0 Å². The molecule has 0 aliphatic heterocycles. The summed E-state index contributed by atoms with van der Waals surface area (Å²) in [4.78, 5) is 25.6. The summed E-state index contributed by atoms with van der Waals surface area (Å²) in [5, 5.41) is 7.41. The SMILES string of the molecule is COc1ccc(CC(NC(=O)c2ccc(=O)n(Cc3ccccc3)n2)c2ccc(OC)cc2)cc1. The number of carbonyl (C=O) groups is 1. The van der Waals surface area contributed by atoms with Crippen molar-refractivity contribution in [1.82, 2.24) is 15.1 Å². The molecule has 0 saturated carbocycles. The van der Waals surface area contributed by atoms with Crippen LogP contribution in [0.4, 0.5) is 0 Å². The van der Waals surface area contributed by atoms with Gasteiger partial charge in [0.15, 0.2) is 0 Å². The fraction of sp³-hybridized carbons (Fsp3) is 0.179. The number of amides is 1. The van der Waals surface area contributed by atoms with Gasteiger partial charge in [0.25, 0.3) is 11.5 Å². The van der Waals surface area contributed by atoms with Crippen molar-refractivity contribution in [2.24, 2.45) is 0 Å². The molecule has 1 heterocycles. The zero-order chi connectivity index (χ0) is 24.6. The number of aromatic nitrogens is 2. The first-order valence-electron chi connectivity index (χ1n) is 11.3. The van der Waals surface area contributed by atoms with Crippen molar-refractivity contribution >= 4 is 5.91 Å². The molecular weight excluding hydrogens is 442 g/mol. The number of nitrogens with one attached hydrogen (secondary N) is 1. The third-order valence-electron chi connectivity index (χ3n) is 5.70. The van der Waals surface area contributed by atoms with E-state index in [1.165, 1.54) is 16.8 Å². The third kappa shape index (κ3) is 6.14. The molecule has 1 unspecified atom stereocenters. The molecule has 1 N–H and O–H groups in total. The number of nitrogens with zero attached hydrogens (tertiary/aromatic N) is 2. The third-order valence-corrected chi connectivity index (χ3v) is 5.70. The molecule has 0 aliphatic rings. The van der Waals surface area contributed by atoms with Gasteiger partial charge in [0.05, 0.1) is 26.8 Å². The lowest BCUT2D eigenvalue weighted by Gasteiger charge is -2.20. The van der Waals surface area contributed by atoms with E-state index in [4.69, 9.17) is 9.47 Å². The van der Waals surface area contributed by atoms with Gasteiger partial charge in [-0.25, -0.2) is 4.68 Å². The summed E-state index contributed by atoms with van der Waals surface area (Å²) >= 11 is 0. The van der Waals surface area contributed by atoms with Gasteiger partial charge in [-0.1, -0.05) is 54.6 Å². The molecule has 0 fully saturated rings. The van der Waals surface area contributed by atoms with Crippen LogP contribution in [-0.2, 0) is 13.0 Å². The molecule has 1 atom stereocenters. The van der Waals surface area contributed by atoms with E-state index < -0.39 is 0 Å². The highest BCUT2D eigenvalue weighted by atomic mass is 16.5. The van der Waals surface area contributed by atoms with Crippen molar-refractivity contribution in [1.29, 1.82) is 0 Å². The van der Waals surface area contributed by atoms with E-state index >= 15 is 0 Å². The van der Waals surface area contributed by atoms with E-state index in [0.717, 1.165) is 28.2 Å². The van der Waals surface area contributed by atoms with Crippen LogP contribution >= 0.6 is 0 Å². The van der Waals surface area contributed by atoms with Crippen LogP contribution in [0.3, 0.4) is 0 Å². The summed E-state index contributed by atoms with van der Waals surface area (Å²) in [6.45, 7) is 0.286. The smallest absolute Gasteiger partial charge is 0.272 e. The number of carbonyl (C=O) groups excluding carboxylic acids is 1. The van der Waals surface area contributed by atoms with Crippen molar-refractivity contribution < 1.29 is 14.3 Å². The lowest BCUT2D eigenvalue weighted by Crippen LogP contribution is -2.33. The molecule has 1 amide bonds. The van der Waals surface area contributed by atoms with Crippen molar-refractivity contribution in [3.05, 3.63) is 124 Å². The minimum atomic E-state index is -0.360. The van der Waals surface area contributed by atoms with E-state index in [1.54, 1.807) is 14.2 Å². The molecule has 1 aromatic heterocycles. The predicted molar refractivity (Wildman–Crippen MR) is 134 cm³/mol. The largest absolute Gasteiger partial charge is 0.497 e. The van der Waals surface area contributed by atoms with Crippen molar-refractivity contribution in [2.75, 3.05) is 14.2 Å². The summed E-state index contributed by atoms with van der Waals surface area (Å²) in [6, 6.07) is 27.3. The van der Waals surface area contributed by atoms with E-state index in [0.29, 0.717) is 6.42 Å². The van der Waals surface area contributed by atoms with E-state index in [9.17, 15) is 9.59 Å². The molecule has 7 heteroatoms. The Morgan fingerprint density at radius 2 is 1.46 bits per heavy atom. The molecule has 35 heavy (non-hydrogen) atoms. The fourth-order valence-electron chi connectivity index (χ4n) is 3.76. The maximum absolute atomic E-state index is 13.2. The van der Waals surface area contributed by atoms with Gasteiger partial charge in [-0.15, -0.1) is 0 Å². The lowest BCUT2D eigenvalue weighted by atomic mass is 9.98. The van der Waals surface area contributed by atoms with Gasteiger partial charge in [-0.2, -0.15) is 5.10 Å². The molecular formula is C28H27N3O4. The van der Waals surface area contributed by atoms with Gasteiger partial charge in [-0.3, -0.25) is 9.59 Å². The summed E-state index contributed by atoms with van der Waals surface area (Å²) in [5.74, 6) is 1.14. The van der Waals surface area contributed by atoms with Crippen LogP contribution in [0.15, 0.2) is 95.8 Å². The van der Waals surface area contributed by atoms with Gasteiger partial charge in [0, 0.05) is 6.07 Å². The second kappa shape index (κ2) is 11.2. The van der Waals surface area contributed by atoms with E-state index in [2.05, 4.69) is 10.4 Å². The van der Waals surface area contributed by atoms with Crippen molar-refractivity contribution in [3.8, 4) is 11.5 Å². The number of rotatable bonds is 9. The van der Waals surface area contributed by atoms with Crippen LogP contribution in [0.2, 0.25) is 0 Å². The average molecular weight is 470 g/mol. The Morgan fingerprint density at radius 1 is 0.829 bits per heavy atom. The summed E-state index contributed by atoms with van der Waals surface area (Å²) in [6.07, 6.45) is 0.561. The highest BCUT2D eigenvalue weighted by Crippen LogP contribution is 2.23. The topological polar surface area (TPSA) is 82.5 Å². The highest BCUT2D eigenvalue weighted by Gasteiger charge is 2.19. The first-order chi connectivity index (χ1) is 17.1. The van der Waals surface area contributed by atoms with Crippen LogP contribution in [-0.4, -0.2) is 29.9 Å². The standard InChI is InChI=1S/C28H27N3O4/c1-34-23-12-8-20(9-13-23)18-26(22-10-14-24(35-2)15-11-22)29-28(33)25-16-17-27(32)31(30-25)19-21-6-4-3-5-7-21/h3-17,26H,18-19H2,1-2H3,(H,29,33). The summed E-state index contributed by atoms with van der Waals surface area (Å²) in [5.41, 5.74) is 2.79. The average Bonchev–Trinajstić information content (AvgIpc) is 2.90. The molecule has 0 radical (unpaired) electrons. The second-order valence-corrected chi connectivity index (χ2v) is 8.05. The molecule has 0 saturated heterocycles. The van der Waals surface area contributed by atoms with Gasteiger partial charge in [-0.05, 0) is 53.4 Å². The normalized spacial score (nSPS) is 11.5. The van der Waals surface area contributed by atoms with E-state index in [1.807, 2.05) is 78.9 Å². The van der Waals surface area contributed by atoms with Crippen molar-refractivity contribution in [3.63, 3.8) is 0 Å². The zero-order valence-corrected chi connectivity index (χ0v) is 19.7. The molecule has 0 bridgehead atoms. The van der Waals surface area contributed by atoms with Crippen LogP contribution in [0.1, 0.15) is 33.2 Å². The van der Waals surface area contributed by atoms with Crippen LogP contribution < -0.4 is 20.3 Å². The molecule has 4 aromatic rings. The maximum atomic E-state index is 13.2. The van der Waals surface area contributed by atoms with Gasteiger partial charge < -0.3 is 14.8 Å². The molecule has 7 nitrogen and oxygen atoms in total. The fourth-order valence-corrected chi connectivity index (χ4v) is 3.76. The van der Waals surface area contributed by atoms with Crippen LogP contribution in [0.25, 0.3) is 0 Å². The monoisotopic (exact) mass is 469 g/mol. The Kier molecular flexibility index (Phi) is 7.57. The Hall–Kier alpha value is -4.39. The minimum Gasteiger partial charge on any atom is -0.497 e. The lowest BCUT2D eigenvalue weighted by molar-refractivity contribution is 0.0929. The number of hydrogen-bond donors (Lipinski definition) is 1. The summed E-state index contributed by atoms with van der Waals surface area (Å²) in [7, 11) is 3.24. The first-order valence-corrected chi connectivity index (χ1v) is 11.3. The number of hydrogen-bond acceptors (Lipinski definition) is 5. The quantitative estimate of drug-likeness (QED) is 0.400. The molecule has 0 aliphatic carbocycles. The summed E-state index contributed by atoms with van der Waals surface area (Å²) < 4.78 is 11.8. The van der Waals surface area contributed by atoms with Gasteiger partial charge >= 0.3 is 0 Å². The minimum absolute atomic E-state index is 0.175. The Balaban J connectivity index is 1.58.